The lowest BCUT2D eigenvalue weighted by Crippen LogP contribution is -2.43. The number of carbonyl (C=O) groups excluding carboxylic acids is 1. The van der Waals surface area contributed by atoms with Crippen molar-refractivity contribution in [3.05, 3.63) is 180 Å². The monoisotopic (exact) mass is 648 g/mol. The summed E-state index contributed by atoms with van der Waals surface area (Å²) >= 11 is 0. The Hall–Kier alpha value is -6.15. The fraction of sp³-hybridized carbons (Fsp3) is 0.146. The van der Waals surface area contributed by atoms with Gasteiger partial charge in [-0.05, 0) is 45.4 Å². The summed E-state index contributed by atoms with van der Waals surface area (Å²) in [6.45, 7) is 0.328. The quantitative estimate of drug-likeness (QED) is 0.119. The number of rotatable bonds is 12. The van der Waals surface area contributed by atoms with Crippen LogP contribution in [0.1, 0.15) is 40.2 Å². The van der Waals surface area contributed by atoms with Crippen LogP contribution in [0.3, 0.4) is 0 Å². The van der Waals surface area contributed by atoms with Crippen LogP contribution < -0.4 is 10.6 Å². The number of fused-ring (bicyclic) bond motifs is 3. The van der Waals surface area contributed by atoms with Crippen LogP contribution in [0.15, 0.2) is 152 Å². The van der Waals surface area contributed by atoms with Crippen LogP contribution in [0.5, 0.6) is 0 Å². The largest absolute Gasteiger partial charge is 0.480 e. The van der Waals surface area contributed by atoms with E-state index in [1.54, 1.807) is 6.20 Å². The van der Waals surface area contributed by atoms with Crippen molar-refractivity contribution in [3.63, 3.8) is 0 Å². The molecule has 49 heavy (non-hydrogen) atoms. The van der Waals surface area contributed by atoms with Gasteiger partial charge in [0.05, 0.1) is 0 Å². The second-order valence-electron chi connectivity index (χ2n) is 12.0. The van der Waals surface area contributed by atoms with E-state index in [4.69, 9.17) is 4.74 Å². The van der Waals surface area contributed by atoms with E-state index in [1.807, 2.05) is 97.2 Å². The topological polar surface area (TPSA) is 105 Å². The Labute approximate surface area is 285 Å². The number of aromatic nitrogens is 2. The highest BCUT2D eigenvalue weighted by Gasteiger charge is 2.40. The third-order valence-electron chi connectivity index (χ3n) is 9.23. The lowest BCUT2D eigenvalue weighted by atomic mass is 9.76. The molecule has 3 N–H and O–H groups in total. The Balaban J connectivity index is 1.08. The standard InChI is InChI=1S/C41H36N4O4/c46-38(47)37(44-40(48)49-28-36-34-22-12-10-20-32(34)33-21-11-13-23-35(33)36)24-25-42-39-43-26-27-45(39)41(29-14-4-1-5-15-29,30-16-6-2-7-17-30)31-18-8-3-9-19-31/h1-23,26-27,36-37H,24-25,28H2,(H,42,43)(H,44,48)(H,46,47)/t37-/m0/s1. The van der Waals surface area contributed by atoms with Crippen molar-refractivity contribution in [1.29, 1.82) is 0 Å². The number of amides is 1. The smallest absolute Gasteiger partial charge is 0.407 e. The Morgan fingerprint density at radius 2 is 1.22 bits per heavy atom. The highest BCUT2D eigenvalue weighted by Crippen LogP contribution is 2.45. The molecule has 0 saturated heterocycles. The molecule has 5 aromatic carbocycles. The van der Waals surface area contributed by atoms with Gasteiger partial charge >= 0.3 is 12.1 Å². The molecule has 1 aliphatic rings. The van der Waals surface area contributed by atoms with E-state index in [-0.39, 0.29) is 25.5 Å². The fourth-order valence-electron chi connectivity index (χ4n) is 7.03. The van der Waals surface area contributed by atoms with Gasteiger partial charge < -0.3 is 20.5 Å². The predicted molar refractivity (Wildman–Crippen MR) is 190 cm³/mol. The first-order valence-corrected chi connectivity index (χ1v) is 16.4. The van der Waals surface area contributed by atoms with Crippen molar-refractivity contribution in [2.75, 3.05) is 18.5 Å². The molecule has 0 spiro atoms. The first-order valence-electron chi connectivity index (χ1n) is 16.4. The molecular formula is C41H36N4O4. The first kappa shape index (κ1) is 31.4. The van der Waals surface area contributed by atoms with Gasteiger partial charge in [-0.1, -0.05) is 140 Å². The number of nitrogens with zero attached hydrogens (tertiary/aromatic N) is 2. The van der Waals surface area contributed by atoms with Crippen molar-refractivity contribution >= 4 is 18.0 Å². The summed E-state index contributed by atoms with van der Waals surface area (Å²) in [5.41, 5.74) is 6.74. The number of ether oxygens (including phenoxy) is 1. The Kier molecular flexibility index (Phi) is 8.93. The summed E-state index contributed by atoms with van der Waals surface area (Å²) in [6.07, 6.45) is 2.99. The summed E-state index contributed by atoms with van der Waals surface area (Å²) in [4.78, 5) is 29.9. The van der Waals surface area contributed by atoms with Gasteiger partial charge in [-0.15, -0.1) is 0 Å². The van der Waals surface area contributed by atoms with Crippen molar-refractivity contribution in [2.45, 2.75) is 23.9 Å². The lowest BCUT2D eigenvalue weighted by Gasteiger charge is -2.38. The molecule has 7 rings (SSSR count). The van der Waals surface area contributed by atoms with E-state index in [2.05, 4.69) is 68.7 Å². The maximum atomic E-state index is 13.0. The SMILES string of the molecule is O=C(N[C@@H](CCNc1nccn1C(c1ccccc1)(c1ccccc1)c1ccccc1)C(=O)O)OCC1c2ccccc2-c2ccccc21. The molecule has 0 aliphatic heterocycles. The van der Waals surface area contributed by atoms with Gasteiger partial charge in [0, 0.05) is 24.9 Å². The zero-order valence-corrected chi connectivity index (χ0v) is 26.8. The second-order valence-corrected chi connectivity index (χ2v) is 12.0. The molecule has 6 aromatic rings. The molecule has 1 aliphatic carbocycles. The number of nitrogens with one attached hydrogen (secondary N) is 2. The van der Waals surface area contributed by atoms with E-state index in [0.717, 1.165) is 38.9 Å². The number of carboxylic acids is 1. The summed E-state index contributed by atoms with van der Waals surface area (Å²) in [5, 5.41) is 16.0. The maximum absolute atomic E-state index is 13.0. The Bertz CT molecular complexity index is 1900. The number of carbonyl (C=O) groups is 2. The van der Waals surface area contributed by atoms with Crippen molar-refractivity contribution < 1.29 is 19.4 Å². The summed E-state index contributed by atoms with van der Waals surface area (Å²) in [5.74, 6) is -0.714. The molecule has 8 nitrogen and oxygen atoms in total. The average Bonchev–Trinajstić information content (AvgIpc) is 3.75. The van der Waals surface area contributed by atoms with Gasteiger partial charge in [-0.3, -0.25) is 4.57 Å². The maximum Gasteiger partial charge on any atom is 0.407 e. The molecule has 8 heteroatoms. The van der Waals surface area contributed by atoms with Crippen molar-refractivity contribution in [1.82, 2.24) is 14.9 Å². The van der Waals surface area contributed by atoms with Crippen LogP contribution in [0.2, 0.25) is 0 Å². The van der Waals surface area contributed by atoms with Crippen LogP contribution in [0, 0.1) is 0 Å². The molecule has 1 amide bonds. The molecule has 1 atom stereocenters. The van der Waals surface area contributed by atoms with Crippen molar-refractivity contribution in [2.24, 2.45) is 0 Å². The summed E-state index contributed by atoms with van der Waals surface area (Å²) in [6, 6.07) is 45.7. The number of hydrogen-bond acceptors (Lipinski definition) is 5. The molecule has 0 bridgehead atoms. The highest BCUT2D eigenvalue weighted by molar-refractivity contribution is 5.81. The predicted octanol–water partition coefficient (Wildman–Crippen LogP) is 7.52. The minimum Gasteiger partial charge on any atom is -0.480 e. The zero-order chi connectivity index (χ0) is 33.6. The number of benzene rings is 5. The van der Waals surface area contributed by atoms with Gasteiger partial charge in [-0.25, -0.2) is 14.6 Å². The van der Waals surface area contributed by atoms with E-state index in [1.165, 1.54) is 0 Å². The van der Waals surface area contributed by atoms with Gasteiger partial charge in [0.25, 0.3) is 0 Å². The van der Waals surface area contributed by atoms with Gasteiger partial charge in [-0.2, -0.15) is 0 Å². The molecule has 0 radical (unpaired) electrons. The minimum absolute atomic E-state index is 0.0986. The van der Waals surface area contributed by atoms with E-state index in [0.29, 0.717) is 5.95 Å². The normalized spacial score (nSPS) is 12.8. The second kappa shape index (κ2) is 13.9. The third-order valence-corrected chi connectivity index (χ3v) is 9.23. The summed E-state index contributed by atoms with van der Waals surface area (Å²) < 4.78 is 7.72. The molecule has 1 aromatic heterocycles. The number of carboxylic acid groups (broad SMARTS) is 1. The average molecular weight is 649 g/mol. The van der Waals surface area contributed by atoms with E-state index in [9.17, 15) is 14.7 Å². The highest BCUT2D eigenvalue weighted by atomic mass is 16.5. The number of anilines is 1. The van der Waals surface area contributed by atoms with Crippen LogP contribution in [0.25, 0.3) is 11.1 Å². The van der Waals surface area contributed by atoms with Crippen LogP contribution in [-0.2, 0) is 15.1 Å². The fourth-order valence-corrected chi connectivity index (χ4v) is 7.03. The van der Waals surface area contributed by atoms with Crippen LogP contribution >= 0.6 is 0 Å². The van der Waals surface area contributed by atoms with E-state index >= 15 is 0 Å². The number of imidazole rings is 1. The molecular weight excluding hydrogens is 612 g/mol. The number of alkyl carbamates (subject to hydrolysis) is 1. The van der Waals surface area contributed by atoms with Gasteiger partial charge in [0.2, 0.25) is 5.95 Å². The third kappa shape index (κ3) is 6.05. The molecule has 0 saturated carbocycles. The van der Waals surface area contributed by atoms with Gasteiger partial charge in [0.1, 0.15) is 18.2 Å². The Morgan fingerprint density at radius 3 is 1.73 bits per heavy atom. The van der Waals surface area contributed by atoms with Gasteiger partial charge in [0.15, 0.2) is 0 Å². The van der Waals surface area contributed by atoms with Crippen LogP contribution in [0.4, 0.5) is 10.7 Å². The molecule has 244 valence electrons. The minimum atomic E-state index is -1.17. The summed E-state index contributed by atoms with van der Waals surface area (Å²) in [7, 11) is 0. The number of hydrogen-bond donors (Lipinski definition) is 3. The van der Waals surface area contributed by atoms with Crippen molar-refractivity contribution in [3.8, 4) is 11.1 Å². The number of aliphatic carboxylic acids is 1. The first-order chi connectivity index (χ1) is 24.1. The van der Waals surface area contributed by atoms with Crippen LogP contribution in [-0.4, -0.2) is 45.9 Å². The molecule has 0 unspecified atom stereocenters. The Morgan fingerprint density at radius 1 is 0.735 bits per heavy atom. The molecule has 1 heterocycles. The van der Waals surface area contributed by atoms with E-state index < -0.39 is 23.6 Å². The lowest BCUT2D eigenvalue weighted by molar-refractivity contribution is -0.139. The zero-order valence-electron chi connectivity index (χ0n) is 26.8. The molecule has 0 fully saturated rings.